The molecule has 0 radical (unpaired) electrons. The highest BCUT2D eigenvalue weighted by molar-refractivity contribution is 9.10. The molecule has 6 heteroatoms. The van der Waals surface area contributed by atoms with Crippen LogP contribution in [0, 0.1) is 11.6 Å². The molecule has 0 unspecified atom stereocenters. The molecule has 0 amide bonds. The quantitative estimate of drug-likeness (QED) is 0.755. The van der Waals surface area contributed by atoms with Gasteiger partial charge < -0.3 is 10.1 Å². The van der Waals surface area contributed by atoms with Crippen molar-refractivity contribution in [2.45, 2.75) is 13.5 Å². The molecule has 0 spiro atoms. The van der Waals surface area contributed by atoms with Crippen molar-refractivity contribution in [2.75, 3.05) is 11.9 Å². The number of rotatable bonds is 5. The van der Waals surface area contributed by atoms with Gasteiger partial charge in [-0.1, -0.05) is 17.7 Å². The van der Waals surface area contributed by atoms with Crippen LogP contribution < -0.4 is 10.1 Å². The van der Waals surface area contributed by atoms with Gasteiger partial charge in [0.25, 0.3) is 0 Å². The van der Waals surface area contributed by atoms with Gasteiger partial charge in [0.05, 0.1) is 16.8 Å². The van der Waals surface area contributed by atoms with Gasteiger partial charge in [-0.05, 0) is 47.1 Å². The Labute approximate surface area is 135 Å². The second kappa shape index (κ2) is 7.09. The summed E-state index contributed by atoms with van der Waals surface area (Å²) in [5, 5.41) is 3.45. The lowest BCUT2D eigenvalue weighted by atomic mass is 10.2. The topological polar surface area (TPSA) is 21.3 Å². The van der Waals surface area contributed by atoms with Crippen LogP contribution in [0.25, 0.3) is 0 Å². The third-order valence-electron chi connectivity index (χ3n) is 2.81. The van der Waals surface area contributed by atoms with Crippen LogP contribution in [0.1, 0.15) is 12.5 Å². The molecule has 0 aromatic heterocycles. The van der Waals surface area contributed by atoms with Crippen LogP contribution in [-0.2, 0) is 6.54 Å². The number of benzene rings is 2. The van der Waals surface area contributed by atoms with Crippen molar-refractivity contribution in [2.24, 2.45) is 0 Å². The molecule has 0 aliphatic rings. The second-order valence-electron chi connectivity index (χ2n) is 4.25. The molecular weight excluding hydrogens is 364 g/mol. The Morgan fingerprint density at radius 1 is 1.24 bits per heavy atom. The van der Waals surface area contributed by atoms with Gasteiger partial charge in [-0.25, -0.2) is 8.78 Å². The molecule has 2 rings (SSSR count). The van der Waals surface area contributed by atoms with Crippen LogP contribution in [0.2, 0.25) is 5.02 Å². The monoisotopic (exact) mass is 375 g/mol. The molecule has 0 heterocycles. The molecule has 0 saturated carbocycles. The third-order valence-corrected chi connectivity index (χ3v) is 3.62. The number of halogens is 4. The smallest absolute Gasteiger partial charge is 0.156 e. The zero-order valence-corrected chi connectivity index (χ0v) is 13.6. The van der Waals surface area contributed by atoms with E-state index in [-0.39, 0.29) is 12.1 Å². The van der Waals surface area contributed by atoms with Crippen molar-refractivity contribution >= 4 is 33.2 Å². The van der Waals surface area contributed by atoms with E-state index in [9.17, 15) is 8.78 Å². The third kappa shape index (κ3) is 3.86. The van der Waals surface area contributed by atoms with Crippen LogP contribution in [0.15, 0.2) is 34.8 Å². The van der Waals surface area contributed by atoms with E-state index in [1.165, 1.54) is 18.2 Å². The highest BCUT2D eigenvalue weighted by Crippen LogP contribution is 2.37. The van der Waals surface area contributed by atoms with Crippen LogP contribution in [0.3, 0.4) is 0 Å². The molecule has 21 heavy (non-hydrogen) atoms. The number of hydrogen-bond donors (Lipinski definition) is 1. The van der Waals surface area contributed by atoms with Gasteiger partial charge in [0.15, 0.2) is 5.75 Å². The summed E-state index contributed by atoms with van der Waals surface area (Å²) in [6, 6.07) is 7.11. The van der Waals surface area contributed by atoms with Gasteiger partial charge in [-0.3, -0.25) is 0 Å². The van der Waals surface area contributed by atoms with E-state index in [4.69, 9.17) is 16.3 Å². The van der Waals surface area contributed by atoms with Gasteiger partial charge in [0.1, 0.15) is 11.6 Å². The van der Waals surface area contributed by atoms with Gasteiger partial charge in [-0.2, -0.15) is 0 Å². The summed E-state index contributed by atoms with van der Waals surface area (Å²) in [6.45, 7) is 2.30. The highest BCUT2D eigenvalue weighted by Gasteiger charge is 2.13. The summed E-state index contributed by atoms with van der Waals surface area (Å²) in [4.78, 5) is 0. The van der Waals surface area contributed by atoms with Crippen molar-refractivity contribution in [3.05, 3.63) is 57.0 Å². The van der Waals surface area contributed by atoms with Gasteiger partial charge >= 0.3 is 0 Å². The molecule has 0 fully saturated rings. The van der Waals surface area contributed by atoms with E-state index in [2.05, 4.69) is 21.2 Å². The summed E-state index contributed by atoms with van der Waals surface area (Å²) in [5.74, 6) is -0.637. The molecular formula is C15H13BrClF2NO. The molecule has 0 atom stereocenters. The zero-order chi connectivity index (χ0) is 15.4. The normalized spacial score (nSPS) is 10.5. The maximum atomic E-state index is 13.6. The van der Waals surface area contributed by atoms with Gasteiger partial charge in [-0.15, -0.1) is 0 Å². The van der Waals surface area contributed by atoms with Crippen molar-refractivity contribution < 1.29 is 13.5 Å². The lowest BCUT2D eigenvalue weighted by Crippen LogP contribution is -2.06. The maximum absolute atomic E-state index is 13.6. The lowest BCUT2D eigenvalue weighted by Gasteiger charge is -2.15. The minimum absolute atomic E-state index is 0.00857. The summed E-state index contributed by atoms with van der Waals surface area (Å²) >= 11 is 9.35. The first kappa shape index (κ1) is 16.0. The van der Waals surface area contributed by atoms with Crippen LogP contribution >= 0.6 is 27.5 Å². The number of ether oxygens (including phenoxy) is 1. The van der Waals surface area contributed by atoms with Crippen LogP contribution in [0.5, 0.6) is 5.75 Å². The van der Waals surface area contributed by atoms with Crippen molar-refractivity contribution in [3.63, 3.8) is 0 Å². The minimum Gasteiger partial charge on any atom is -0.491 e. The van der Waals surface area contributed by atoms with E-state index in [1.54, 1.807) is 12.1 Å². The Bertz CT molecular complexity index is 632. The standard InChI is InChI=1S/C15H13BrClF2NO/c1-2-21-15-11(16)6-9(17)7-14(15)20-8-10-12(18)4-3-5-13(10)19/h3-7,20H,2,8H2,1H3. The van der Waals surface area contributed by atoms with Gasteiger partial charge in [0.2, 0.25) is 0 Å². The fraction of sp³-hybridized carbons (Fsp3) is 0.200. The zero-order valence-electron chi connectivity index (χ0n) is 11.2. The summed E-state index contributed by atoms with van der Waals surface area (Å²) in [6.07, 6.45) is 0. The average molecular weight is 377 g/mol. The largest absolute Gasteiger partial charge is 0.491 e. The molecule has 1 N–H and O–H groups in total. The van der Waals surface area contributed by atoms with Crippen molar-refractivity contribution in [3.8, 4) is 5.75 Å². The Morgan fingerprint density at radius 3 is 2.52 bits per heavy atom. The van der Waals surface area contributed by atoms with Gasteiger partial charge in [0, 0.05) is 17.1 Å². The first-order chi connectivity index (χ1) is 10.0. The summed E-state index contributed by atoms with van der Waals surface area (Å²) in [5.41, 5.74) is 0.537. The first-order valence-electron chi connectivity index (χ1n) is 6.31. The first-order valence-corrected chi connectivity index (χ1v) is 7.48. The predicted molar refractivity (Wildman–Crippen MR) is 84.0 cm³/mol. The fourth-order valence-corrected chi connectivity index (χ4v) is 2.79. The Kier molecular flexibility index (Phi) is 5.42. The molecule has 0 bridgehead atoms. The minimum atomic E-state index is -0.596. The molecule has 2 aromatic rings. The highest BCUT2D eigenvalue weighted by atomic mass is 79.9. The molecule has 0 aliphatic heterocycles. The molecule has 2 aromatic carbocycles. The molecule has 0 saturated heterocycles. The summed E-state index contributed by atoms with van der Waals surface area (Å²) in [7, 11) is 0. The molecule has 2 nitrogen and oxygen atoms in total. The predicted octanol–water partition coefficient (Wildman–Crippen LogP) is 5.39. The van der Waals surface area contributed by atoms with E-state index in [0.717, 1.165) is 0 Å². The number of anilines is 1. The Balaban J connectivity index is 2.27. The van der Waals surface area contributed by atoms with Crippen LogP contribution in [0.4, 0.5) is 14.5 Å². The van der Waals surface area contributed by atoms with Crippen molar-refractivity contribution in [1.82, 2.24) is 0 Å². The molecule has 112 valence electrons. The molecule has 0 aliphatic carbocycles. The van der Waals surface area contributed by atoms with Crippen LogP contribution in [-0.4, -0.2) is 6.61 Å². The SMILES string of the molecule is CCOc1c(Br)cc(Cl)cc1NCc1c(F)cccc1F. The lowest BCUT2D eigenvalue weighted by molar-refractivity contribution is 0.339. The summed E-state index contributed by atoms with van der Waals surface area (Å²) < 4.78 is 33.4. The van der Waals surface area contributed by atoms with E-state index >= 15 is 0 Å². The number of hydrogen-bond acceptors (Lipinski definition) is 2. The van der Waals surface area contributed by atoms with Crippen molar-refractivity contribution in [1.29, 1.82) is 0 Å². The van der Waals surface area contributed by atoms with E-state index < -0.39 is 11.6 Å². The Morgan fingerprint density at radius 2 is 1.90 bits per heavy atom. The fourth-order valence-electron chi connectivity index (χ4n) is 1.87. The van der Waals surface area contributed by atoms with E-state index in [1.807, 2.05) is 6.92 Å². The number of nitrogens with one attached hydrogen (secondary N) is 1. The average Bonchev–Trinajstić information content (AvgIpc) is 2.42. The van der Waals surface area contributed by atoms with E-state index in [0.29, 0.717) is 27.5 Å². The maximum Gasteiger partial charge on any atom is 0.156 e. The second-order valence-corrected chi connectivity index (χ2v) is 5.54. The Hall–Kier alpha value is -1.33.